The molecule has 0 heterocycles. The first-order valence-electron chi connectivity index (χ1n) is 5.72. The molecule has 0 spiro atoms. The molecule has 1 amide bonds. The van der Waals surface area contributed by atoms with Crippen molar-refractivity contribution in [1.29, 1.82) is 0 Å². The van der Waals surface area contributed by atoms with Gasteiger partial charge in [-0.05, 0) is 39.5 Å². The summed E-state index contributed by atoms with van der Waals surface area (Å²) in [6.45, 7) is 5.59. The molecule has 0 aliphatic heterocycles. The highest BCUT2D eigenvalue weighted by atomic mass is 79.9. The number of halogens is 1. The molecule has 0 saturated carbocycles. The number of hydrogen-bond donors (Lipinski definition) is 3. The van der Waals surface area contributed by atoms with Crippen LogP contribution in [0.3, 0.4) is 0 Å². The number of nitrogens with two attached hydrogens (primary N) is 1. The zero-order chi connectivity index (χ0) is 14.8. The lowest BCUT2D eigenvalue weighted by molar-refractivity contribution is -0.119. The zero-order valence-corrected chi connectivity index (χ0v) is 12.6. The van der Waals surface area contributed by atoms with Gasteiger partial charge in [0.25, 0.3) is 0 Å². The van der Waals surface area contributed by atoms with Crippen molar-refractivity contribution in [2.24, 2.45) is 11.1 Å². The van der Waals surface area contributed by atoms with Crippen molar-refractivity contribution >= 4 is 33.5 Å². The average Bonchev–Trinajstić information content (AvgIpc) is 2.29. The fourth-order valence-electron chi connectivity index (χ4n) is 1.38. The van der Waals surface area contributed by atoms with Gasteiger partial charge in [0.2, 0.25) is 5.91 Å². The van der Waals surface area contributed by atoms with Crippen LogP contribution in [-0.2, 0) is 4.79 Å². The summed E-state index contributed by atoms with van der Waals surface area (Å²) in [5.41, 5.74) is 5.96. The Labute approximate surface area is 120 Å². The van der Waals surface area contributed by atoms with E-state index < -0.39 is 12.0 Å². The third-order valence-electron chi connectivity index (χ3n) is 2.68. The number of carboxylic acid groups (broad SMARTS) is 1. The van der Waals surface area contributed by atoms with E-state index >= 15 is 0 Å². The average molecular weight is 329 g/mol. The second-order valence-electron chi connectivity index (χ2n) is 5.33. The summed E-state index contributed by atoms with van der Waals surface area (Å²) in [4.78, 5) is 22.9. The Bertz CT molecular complexity index is 509. The summed E-state index contributed by atoms with van der Waals surface area (Å²) < 4.78 is 0.457. The van der Waals surface area contributed by atoms with Crippen LogP contribution in [0.5, 0.6) is 0 Å². The molecular formula is C13H17BrN2O3. The first-order chi connectivity index (χ1) is 8.62. The van der Waals surface area contributed by atoms with Crippen LogP contribution in [0.15, 0.2) is 22.7 Å². The maximum Gasteiger partial charge on any atom is 0.336 e. The van der Waals surface area contributed by atoms with E-state index in [1.165, 1.54) is 6.07 Å². The number of anilines is 1. The highest BCUT2D eigenvalue weighted by Crippen LogP contribution is 2.23. The van der Waals surface area contributed by atoms with E-state index in [4.69, 9.17) is 10.8 Å². The van der Waals surface area contributed by atoms with Crippen molar-refractivity contribution in [2.75, 3.05) is 5.32 Å². The van der Waals surface area contributed by atoms with Crippen molar-refractivity contribution in [3.05, 3.63) is 28.2 Å². The van der Waals surface area contributed by atoms with Crippen LogP contribution in [0.2, 0.25) is 0 Å². The van der Waals surface area contributed by atoms with E-state index in [0.717, 1.165) is 0 Å². The van der Waals surface area contributed by atoms with Gasteiger partial charge in [-0.3, -0.25) is 4.79 Å². The topological polar surface area (TPSA) is 92.4 Å². The summed E-state index contributed by atoms with van der Waals surface area (Å²) in [6.07, 6.45) is 0. The van der Waals surface area contributed by atoms with E-state index in [9.17, 15) is 9.59 Å². The molecule has 0 radical (unpaired) electrons. The molecule has 1 rings (SSSR count). The van der Waals surface area contributed by atoms with Crippen LogP contribution in [0.25, 0.3) is 0 Å². The Morgan fingerprint density at radius 1 is 1.37 bits per heavy atom. The lowest BCUT2D eigenvalue weighted by atomic mass is 9.87. The molecule has 6 heteroatoms. The van der Waals surface area contributed by atoms with Gasteiger partial charge in [0.05, 0.1) is 11.6 Å². The van der Waals surface area contributed by atoms with Gasteiger partial charge >= 0.3 is 5.97 Å². The minimum absolute atomic E-state index is 0.0853. The lowest BCUT2D eigenvalue weighted by Crippen LogP contribution is -2.45. The third kappa shape index (κ3) is 4.04. The normalized spacial score (nSPS) is 12.9. The SMILES string of the molecule is CC(C)(C)[C@H](N)C(=O)Nc1ccc(Br)c(C(=O)O)c1. The molecular weight excluding hydrogens is 312 g/mol. The van der Waals surface area contributed by atoms with Crippen LogP contribution in [0, 0.1) is 5.41 Å². The first-order valence-corrected chi connectivity index (χ1v) is 6.51. The maximum absolute atomic E-state index is 11.9. The zero-order valence-electron chi connectivity index (χ0n) is 11.0. The molecule has 4 N–H and O–H groups in total. The Hall–Kier alpha value is -1.40. The van der Waals surface area contributed by atoms with E-state index in [1.54, 1.807) is 12.1 Å². The molecule has 1 aromatic rings. The number of benzene rings is 1. The van der Waals surface area contributed by atoms with Gasteiger partial charge in [-0.1, -0.05) is 20.8 Å². The summed E-state index contributed by atoms with van der Waals surface area (Å²) in [5.74, 6) is -1.41. The molecule has 19 heavy (non-hydrogen) atoms. The second kappa shape index (κ2) is 5.71. The highest BCUT2D eigenvalue weighted by molar-refractivity contribution is 9.10. The molecule has 5 nitrogen and oxygen atoms in total. The van der Waals surface area contributed by atoms with Crippen LogP contribution >= 0.6 is 15.9 Å². The Morgan fingerprint density at radius 2 is 1.95 bits per heavy atom. The van der Waals surface area contributed by atoms with Crippen LogP contribution in [0.4, 0.5) is 5.69 Å². The molecule has 1 aromatic carbocycles. The van der Waals surface area contributed by atoms with Crippen LogP contribution in [-0.4, -0.2) is 23.0 Å². The van der Waals surface area contributed by atoms with Gasteiger partial charge in [0, 0.05) is 10.2 Å². The predicted molar refractivity (Wildman–Crippen MR) is 77.2 cm³/mol. The molecule has 104 valence electrons. The largest absolute Gasteiger partial charge is 0.478 e. The minimum atomic E-state index is -1.07. The quantitative estimate of drug-likeness (QED) is 0.794. The first kappa shape index (κ1) is 15.7. The Balaban J connectivity index is 2.92. The molecule has 0 aromatic heterocycles. The molecule has 0 aliphatic carbocycles. The predicted octanol–water partition coefficient (Wildman–Crippen LogP) is 2.46. The monoisotopic (exact) mass is 328 g/mol. The van der Waals surface area contributed by atoms with Crippen molar-refractivity contribution in [3.63, 3.8) is 0 Å². The third-order valence-corrected chi connectivity index (χ3v) is 3.37. The van der Waals surface area contributed by atoms with Crippen LogP contribution in [0.1, 0.15) is 31.1 Å². The molecule has 1 atom stereocenters. The lowest BCUT2D eigenvalue weighted by Gasteiger charge is -2.25. The highest BCUT2D eigenvalue weighted by Gasteiger charge is 2.27. The van der Waals surface area contributed by atoms with Crippen molar-refractivity contribution in [1.82, 2.24) is 0 Å². The molecule has 0 fully saturated rings. The van der Waals surface area contributed by atoms with Gasteiger partial charge in [0.1, 0.15) is 0 Å². The van der Waals surface area contributed by atoms with Gasteiger partial charge in [-0.2, -0.15) is 0 Å². The van der Waals surface area contributed by atoms with Gasteiger partial charge in [-0.15, -0.1) is 0 Å². The van der Waals surface area contributed by atoms with Crippen molar-refractivity contribution in [3.8, 4) is 0 Å². The van der Waals surface area contributed by atoms with Crippen LogP contribution < -0.4 is 11.1 Å². The number of aromatic carboxylic acids is 1. The summed E-state index contributed by atoms with van der Waals surface area (Å²) in [7, 11) is 0. The minimum Gasteiger partial charge on any atom is -0.478 e. The smallest absolute Gasteiger partial charge is 0.336 e. The fraction of sp³-hybridized carbons (Fsp3) is 0.385. The molecule has 0 unspecified atom stereocenters. The number of carboxylic acids is 1. The summed E-state index contributed by atoms with van der Waals surface area (Å²) in [6, 6.07) is 3.90. The number of amides is 1. The molecule has 0 aliphatic rings. The summed E-state index contributed by atoms with van der Waals surface area (Å²) in [5, 5.41) is 11.6. The Kier molecular flexibility index (Phi) is 4.70. The van der Waals surface area contributed by atoms with Gasteiger partial charge in [-0.25, -0.2) is 4.79 Å². The Morgan fingerprint density at radius 3 is 2.42 bits per heavy atom. The van der Waals surface area contributed by atoms with E-state index in [-0.39, 0.29) is 16.9 Å². The number of carbonyl (C=O) groups is 2. The van der Waals surface area contributed by atoms with E-state index in [2.05, 4.69) is 21.2 Å². The number of rotatable bonds is 3. The van der Waals surface area contributed by atoms with Crippen molar-refractivity contribution < 1.29 is 14.7 Å². The van der Waals surface area contributed by atoms with Crippen molar-refractivity contribution in [2.45, 2.75) is 26.8 Å². The number of carbonyl (C=O) groups excluding carboxylic acids is 1. The number of hydrogen-bond acceptors (Lipinski definition) is 3. The van der Waals surface area contributed by atoms with E-state index in [1.807, 2.05) is 20.8 Å². The molecule has 0 saturated heterocycles. The molecule has 0 bridgehead atoms. The fourth-order valence-corrected chi connectivity index (χ4v) is 1.80. The standard InChI is InChI=1S/C13H17BrN2O3/c1-13(2,3)10(15)11(17)16-7-4-5-9(14)8(6-7)12(18)19/h4-6,10H,15H2,1-3H3,(H,16,17)(H,18,19)/t10-/m1/s1. The van der Waals surface area contributed by atoms with Gasteiger partial charge < -0.3 is 16.2 Å². The van der Waals surface area contributed by atoms with E-state index in [0.29, 0.717) is 10.2 Å². The number of nitrogens with one attached hydrogen (secondary N) is 1. The summed E-state index contributed by atoms with van der Waals surface area (Å²) >= 11 is 3.14. The maximum atomic E-state index is 11.9. The van der Waals surface area contributed by atoms with Gasteiger partial charge in [0.15, 0.2) is 0 Å². The second-order valence-corrected chi connectivity index (χ2v) is 6.19.